The maximum Gasteiger partial charge on any atom is 0.335 e. The van der Waals surface area contributed by atoms with Gasteiger partial charge in [0.2, 0.25) is 0 Å². The molecule has 1 N–H and O–H groups in total. The SMILES string of the molecule is CCCc1nc2ccc(C(=O)O)cc2n1CCN(C)C. The highest BCUT2D eigenvalue weighted by atomic mass is 16.4. The highest BCUT2D eigenvalue weighted by Gasteiger charge is 2.12. The molecule has 2 rings (SSSR count). The molecule has 108 valence electrons. The lowest BCUT2D eigenvalue weighted by Gasteiger charge is -2.13. The van der Waals surface area contributed by atoms with E-state index in [-0.39, 0.29) is 0 Å². The lowest BCUT2D eigenvalue weighted by Crippen LogP contribution is -2.19. The van der Waals surface area contributed by atoms with Crippen LogP contribution in [0.3, 0.4) is 0 Å². The number of aromatic carboxylic acids is 1. The van der Waals surface area contributed by atoms with Gasteiger partial charge >= 0.3 is 5.97 Å². The number of rotatable bonds is 6. The van der Waals surface area contributed by atoms with Crippen LogP contribution in [0.25, 0.3) is 11.0 Å². The summed E-state index contributed by atoms with van der Waals surface area (Å²) in [5.41, 5.74) is 2.10. The van der Waals surface area contributed by atoms with E-state index in [1.807, 2.05) is 14.1 Å². The fraction of sp³-hybridized carbons (Fsp3) is 0.467. The van der Waals surface area contributed by atoms with Crippen LogP contribution in [0.4, 0.5) is 0 Å². The minimum atomic E-state index is -0.899. The van der Waals surface area contributed by atoms with E-state index >= 15 is 0 Å². The van der Waals surface area contributed by atoms with Crippen molar-refractivity contribution in [1.29, 1.82) is 0 Å². The van der Waals surface area contributed by atoms with Crippen LogP contribution in [0, 0.1) is 0 Å². The number of hydrogen-bond donors (Lipinski definition) is 1. The molecule has 5 heteroatoms. The molecule has 0 aliphatic heterocycles. The number of benzene rings is 1. The largest absolute Gasteiger partial charge is 0.478 e. The molecule has 0 fully saturated rings. The average Bonchev–Trinajstić information content (AvgIpc) is 2.73. The van der Waals surface area contributed by atoms with E-state index in [1.54, 1.807) is 18.2 Å². The van der Waals surface area contributed by atoms with E-state index in [0.29, 0.717) is 5.56 Å². The molecule has 0 aliphatic rings. The zero-order valence-electron chi connectivity index (χ0n) is 12.3. The monoisotopic (exact) mass is 275 g/mol. The molecule has 5 nitrogen and oxygen atoms in total. The van der Waals surface area contributed by atoms with E-state index in [2.05, 4.69) is 21.4 Å². The zero-order chi connectivity index (χ0) is 14.7. The maximum absolute atomic E-state index is 11.1. The first-order chi connectivity index (χ1) is 9.52. The van der Waals surface area contributed by atoms with Gasteiger partial charge in [0.1, 0.15) is 5.82 Å². The lowest BCUT2D eigenvalue weighted by atomic mass is 10.2. The predicted molar refractivity (Wildman–Crippen MR) is 79.2 cm³/mol. The van der Waals surface area contributed by atoms with Gasteiger partial charge in [0.15, 0.2) is 0 Å². The van der Waals surface area contributed by atoms with Crippen molar-refractivity contribution in [3.63, 3.8) is 0 Å². The van der Waals surface area contributed by atoms with E-state index in [4.69, 9.17) is 5.11 Å². The molecular weight excluding hydrogens is 254 g/mol. The van der Waals surface area contributed by atoms with Gasteiger partial charge in [-0.1, -0.05) is 6.92 Å². The summed E-state index contributed by atoms with van der Waals surface area (Å²) in [6.07, 6.45) is 1.93. The molecule has 2 aromatic rings. The van der Waals surface area contributed by atoms with Crippen LogP contribution in [0.5, 0.6) is 0 Å². The smallest absolute Gasteiger partial charge is 0.335 e. The molecule has 0 radical (unpaired) electrons. The van der Waals surface area contributed by atoms with Gasteiger partial charge in [0.05, 0.1) is 16.6 Å². The number of imidazole rings is 1. The van der Waals surface area contributed by atoms with E-state index in [1.165, 1.54) is 0 Å². The van der Waals surface area contributed by atoms with Crippen molar-refractivity contribution in [3.8, 4) is 0 Å². The third kappa shape index (κ3) is 2.99. The van der Waals surface area contributed by atoms with Gasteiger partial charge < -0.3 is 14.6 Å². The Morgan fingerprint density at radius 3 is 2.75 bits per heavy atom. The molecule has 0 amide bonds. The molecule has 0 spiro atoms. The quantitative estimate of drug-likeness (QED) is 0.878. The molecule has 0 saturated carbocycles. The number of carboxylic acids is 1. The topological polar surface area (TPSA) is 58.4 Å². The first-order valence-electron chi connectivity index (χ1n) is 6.90. The summed E-state index contributed by atoms with van der Waals surface area (Å²) in [7, 11) is 4.06. The molecule has 1 heterocycles. The molecule has 0 saturated heterocycles. The number of aromatic nitrogens is 2. The third-order valence-electron chi connectivity index (χ3n) is 3.32. The van der Waals surface area contributed by atoms with E-state index < -0.39 is 5.97 Å². The Bertz CT molecular complexity index is 617. The van der Waals surface area contributed by atoms with Crippen LogP contribution < -0.4 is 0 Å². The molecule has 0 aliphatic carbocycles. The highest BCUT2D eigenvalue weighted by Crippen LogP contribution is 2.19. The normalized spacial score (nSPS) is 11.4. The Morgan fingerprint density at radius 2 is 2.15 bits per heavy atom. The van der Waals surface area contributed by atoms with E-state index in [0.717, 1.165) is 42.8 Å². The highest BCUT2D eigenvalue weighted by molar-refractivity contribution is 5.92. The number of likely N-dealkylation sites (N-methyl/N-ethyl adjacent to an activating group) is 1. The van der Waals surface area contributed by atoms with Crippen LogP contribution >= 0.6 is 0 Å². The Morgan fingerprint density at radius 1 is 1.40 bits per heavy atom. The van der Waals surface area contributed by atoms with Crippen molar-refractivity contribution in [2.24, 2.45) is 0 Å². The summed E-state index contributed by atoms with van der Waals surface area (Å²) in [6, 6.07) is 5.13. The Labute approximate surface area is 118 Å². The Hall–Kier alpha value is -1.88. The van der Waals surface area contributed by atoms with Crippen LogP contribution in [0.1, 0.15) is 29.5 Å². The molecule has 0 unspecified atom stereocenters. The number of aryl methyl sites for hydroxylation is 1. The predicted octanol–water partition coefficient (Wildman–Crippen LogP) is 2.25. The third-order valence-corrected chi connectivity index (χ3v) is 3.32. The summed E-state index contributed by atoms with van der Waals surface area (Å²) in [6.45, 7) is 3.85. The summed E-state index contributed by atoms with van der Waals surface area (Å²) >= 11 is 0. The number of carboxylic acid groups (broad SMARTS) is 1. The number of fused-ring (bicyclic) bond motifs is 1. The summed E-state index contributed by atoms with van der Waals surface area (Å²) in [5.74, 6) is 0.135. The Kier molecular flexibility index (Phi) is 4.39. The average molecular weight is 275 g/mol. The second kappa shape index (κ2) is 6.05. The van der Waals surface area contributed by atoms with Gasteiger partial charge in [-0.2, -0.15) is 0 Å². The minimum absolute atomic E-state index is 0.312. The van der Waals surface area contributed by atoms with Crippen molar-refractivity contribution >= 4 is 17.0 Å². The first kappa shape index (κ1) is 14.5. The molecule has 1 aromatic carbocycles. The molecule has 20 heavy (non-hydrogen) atoms. The van der Waals surface area contributed by atoms with Crippen LogP contribution in [0.15, 0.2) is 18.2 Å². The van der Waals surface area contributed by atoms with E-state index in [9.17, 15) is 4.79 Å². The summed E-state index contributed by atoms with van der Waals surface area (Å²) in [5, 5.41) is 9.13. The fourth-order valence-corrected chi connectivity index (χ4v) is 2.27. The maximum atomic E-state index is 11.1. The van der Waals surface area contributed by atoms with Crippen LogP contribution in [-0.2, 0) is 13.0 Å². The fourth-order valence-electron chi connectivity index (χ4n) is 2.27. The van der Waals surface area contributed by atoms with Crippen molar-refractivity contribution in [1.82, 2.24) is 14.5 Å². The Balaban J connectivity index is 2.49. The van der Waals surface area contributed by atoms with Crippen molar-refractivity contribution in [3.05, 3.63) is 29.6 Å². The van der Waals surface area contributed by atoms with Crippen LogP contribution in [0.2, 0.25) is 0 Å². The molecule has 0 bridgehead atoms. The van der Waals surface area contributed by atoms with Crippen molar-refractivity contribution in [2.75, 3.05) is 20.6 Å². The van der Waals surface area contributed by atoms with Gasteiger partial charge in [-0.05, 0) is 38.7 Å². The first-order valence-corrected chi connectivity index (χ1v) is 6.90. The zero-order valence-corrected chi connectivity index (χ0v) is 12.3. The van der Waals surface area contributed by atoms with Crippen molar-refractivity contribution < 1.29 is 9.90 Å². The minimum Gasteiger partial charge on any atom is -0.478 e. The lowest BCUT2D eigenvalue weighted by molar-refractivity contribution is 0.0697. The van der Waals surface area contributed by atoms with Gasteiger partial charge in [0.25, 0.3) is 0 Å². The second-order valence-electron chi connectivity index (χ2n) is 5.24. The second-order valence-corrected chi connectivity index (χ2v) is 5.24. The molecular formula is C15H21N3O2. The van der Waals surface area contributed by atoms with Gasteiger partial charge in [-0.25, -0.2) is 9.78 Å². The molecule has 1 aromatic heterocycles. The van der Waals surface area contributed by atoms with Gasteiger partial charge in [-0.15, -0.1) is 0 Å². The number of carbonyl (C=O) groups is 1. The number of nitrogens with zero attached hydrogens (tertiary/aromatic N) is 3. The van der Waals surface area contributed by atoms with Gasteiger partial charge in [-0.3, -0.25) is 0 Å². The van der Waals surface area contributed by atoms with Gasteiger partial charge in [0, 0.05) is 19.5 Å². The number of hydrogen-bond acceptors (Lipinski definition) is 3. The standard InChI is InChI=1S/C15H21N3O2/c1-4-5-14-16-12-7-6-11(15(19)20)10-13(12)18(14)9-8-17(2)3/h6-7,10H,4-5,8-9H2,1-3H3,(H,19,20). The van der Waals surface area contributed by atoms with Crippen LogP contribution in [-0.4, -0.2) is 46.2 Å². The summed E-state index contributed by atoms with van der Waals surface area (Å²) in [4.78, 5) is 17.9. The van der Waals surface area contributed by atoms with Crippen molar-refractivity contribution in [2.45, 2.75) is 26.3 Å². The summed E-state index contributed by atoms with van der Waals surface area (Å²) < 4.78 is 2.14. The molecule has 0 atom stereocenters.